The first-order valence-corrected chi connectivity index (χ1v) is 9.23. The SMILES string of the molecule is O=C([O-])CCc1ccc(S(=O)(=O)Nc2cccc3ccccc23)cc1. The van der Waals surface area contributed by atoms with Crippen molar-refractivity contribution in [2.45, 2.75) is 17.7 Å². The molecule has 0 fully saturated rings. The summed E-state index contributed by atoms with van der Waals surface area (Å²) < 4.78 is 27.8. The first-order chi connectivity index (χ1) is 12.0. The lowest BCUT2D eigenvalue weighted by molar-refractivity contribution is -0.305. The van der Waals surface area contributed by atoms with Crippen molar-refractivity contribution in [2.75, 3.05) is 4.72 Å². The van der Waals surface area contributed by atoms with Crippen LogP contribution in [0.15, 0.2) is 71.6 Å². The van der Waals surface area contributed by atoms with Gasteiger partial charge in [-0.2, -0.15) is 0 Å². The van der Waals surface area contributed by atoms with Crippen molar-refractivity contribution in [1.29, 1.82) is 0 Å². The molecule has 0 saturated heterocycles. The Labute approximate surface area is 146 Å². The molecular formula is C19H16NO4S-. The molecule has 0 radical (unpaired) electrons. The molecule has 0 saturated carbocycles. The highest BCUT2D eigenvalue weighted by molar-refractivity contribution is 7.92. The van der Waals surface area contributed by atoms with Gasteiger partial charge < -0.3 is 9.90 Å². The van der Waals surface area contributed by atoms with Crippen molar-refractivity contribution in [3.05, 3.63) is 72.3 Å². The average molecular weight is 354 g/mol. The van der Waals surface area contributed by atoms with Gasteiger partial charge in [0.25, 0.3) is 10.0 Å². The fraction of sp³-hybridized carbons (Fsp3) is 0.105. The number of carbonyl (C=O) groups excluding carboxylic acids is 1. The van der Waals surface area contributed by atoms with Crippen LogP contribution in [0.3, 0.4) is 0 Å². The number of aryl methyl sites for hydroxylation is 1. The quantitative estimate of drug-likeness (QED) is 0.736. The minimum atomic E-state index is -3.73. The van der Waals surface area contributed by atoms with Gasteiger partial charge in [0.1, 0.15) is 0 Å². The molecule has 0 bridgehead atoms. The van der Waals surface area contributed by atoms with Crippen molar-refractivity contribution >= 4 is 32.5 Å². The van der Waals surface area contributed by atoms with E-state index in [-0.39, 0.29) is 11.3 Å². The smallest absolute Gasteiger partial charge is 0.261 e. The summed E-state index contributed by atoms with van der Waals surface area (Å²) >= 11 is 0. The standard InChI is InChI=1S/C19H17NO4S/c21-19(22)13-10-14-8-11-16(12-9-14)25(23,24)20-18-7-3-5-15-4-1-2-6-17(15)18/h1-9,11-12,20H,10,13H2,(H,21,22)/p-1. The lowest BCUT2D eigenvalue weighted by atomic mass is 10.1. The Kier molecular flexibility index (Phi) is 4.72. The van der Waals surface area contributed by atoms with Crippen LogP contribution >= 0.6 is 0 Å². The second-order valence-electron chi connectivity index (χ2n) is 5.65. The van der Waals surface area contributed by atoms with E-state index in [1.807, 2.05) is 30.3 Å². The van der Waals surface area contributed by atoms with Crippen LogP contribution in [-0.2, 0) is 21.2 Å². The first kappa shape index (κ1) is 17.0. The maximum absolute atomic E-state index is 12.6. The van der Waals surface area contributed by atoms with Gasteiger partial charge >= 0.3 is 0 Å². The van der Waals surface area contributed by atoms with E-state index in [4.69, 9.17) is 0 Å². The summed E-state index contributed by atoms with van der Waals surface area (Å²) in [4.78, 5) is 10.6. The van der Waals surface area contributed by atoms with Crippen molar-refractivity contribution in [2.24, 2.45) is 0 Å². The number of carboxylic acid groups (broad SMARTS) is 1. The van der Waals surface area contributed by atoms with E-state index < -0.39 is 16.0 Å². The zero-order valence-electron chi connectivity index (χ0n) is 13.3. The maximum Gasteiger partial charge on any atom is 0.261 e. The van der Waals surface area contributed by atoms with E-state index in [1.165, 1.54) is 12.1 Å². The van der Waals surface area contributed by atoms with Crippen molar-refractivity contribution < 1.29 is 18.3 Å². The number of benzene rings is 3. The van der Waals surface area contributed by atoms with Crippen LogP contribution in [0.25, 0.3) is 10.8 Å². The molecule has 1 N–H and O–H groups in total. The summed E-state index contributed by atoms with van der Waals surface area (Å²) in [5, 5.41) is 12.3. The Morgan fingerprint density at radius 2 is 1.60 bits per heavy atom. The molecule has 0 aliphatic carbocycles. The number of hydrogen-bond donors (Lipinski definition) is 1. The van der Waals surface area contributed by atoms with Crippen LogP contribution in [0.5, 0.6) is 0 Å². The molecule has 0 aromatic heterocycles. The van der Waals surface area contributed by atoms with Gasteiger partial charge in [-0.15, -0.1) is 0 Å². The Bertz CT molecular complexity index is 1010. The minimum Gasteiger partial charge on any atom is -0.550 e. The molecule has 3 rings (SSSR count). The number of rotatable bonds is 6. The molecule has 0 aliphatic rings. The van der Waals surface area contributed by atoms with Crippen molar-refractivity contribution in [3.8, 4) is 0 Å². The number of aliphatic carboxylic acids is 1. The van der Waals surface area contributed by atoms with Crippen LogP contribution in [0, 0.1) is 0 Å². The van der Waals surface area contributed by atoms with Crippen LogP contribution in [0.2, 0.25) is 0 Å². The third kappa shape index (κ3) is 3.97. The van der Waals surface area contributed by atoms with Gasteiger partial charge in [0.15, 0.2) is 0 Å². The minimum absolute atomic E-state index is 0.0969. The topological polar surface area (TPSA) is 86.3 Å². The molecular weight excluding hydrogens is 338 g/mol. The molecule has 0 spiro atoms. The van der Waals surface area contributed by atoms with Gasteiger partial charge in [-0.05, 0) is 42.0 Å². The molecule has 25 heavy (non-hydrogen) atoms. The summed E-state index contributed by atoms with van der Waals surface area (Å²) in [5.41, 5.74) is 1.26. The van der Waals surface area contributed by atoms with Gasteiger partial charge in [-0.3, -0.25) is 4.72 Å². The predicted molar refractivity (Wildman–Crippen MR) is 94.5 cm³/mol. The molecule has 3 aromatic rings. The van der Waals surface area contributed by atoms with E-state index in [0.29, 0.717) is 12.1 Å². The highest BCUT2D eigenvalue weighted by Crippen LogP contribution is 2.25. The fourth-order valence-electron chi connectivity index (χ4n) is 2.60. The van der Waals surface area contributed by atoms with Gasteiger partial charge in [0.05, 0.1) is 10.6 Å². The summed E-state index contributed by atoms with van der Waals surface area (Å²) in [6.07, 6.45) is 0.208. The summed E-state index contributed by atoms with van der Waals surface area (Å²) in [7, 11) is -3.73. The highest BCUT2D eigenvalue weighted by Gasteiger charge is 2.15. The van der Waals surface area contributed by atoms with Gasteiger partial charge in [-0.1, -0.05) is 48.5 Å². The predicted octanol–water partition coefficient (Wildman–Crippen LogP) is 2.32. The maximum atomic E-state index is 12.6. The highest BCUT2D eigenvalue weighted by atomic mass is 32.2. The molecule has 5 nitrogen and oxygen atoms in total. The van der Waals surface area contributed by atoms with Gasteiger partial charge in [0.2, 0.25) is 0 Å². The van der Waals surface area contributed by atoms with E-state index in [0.717, 1.165) is 16.3 Å². The fourth-order valence-corrected chi connectivity index (χ4v) is 3.68. The molecule has 3 aromatic carbocycles. The number of carboxylic acids is 1. The second kappa shape index (κ2) is 6.94. The summed E-state index contributed by atoms with van der Waals surface area (Å²) in [6.45, 7) is 0. The lowest BCUT2D eigenvalue weighted by Gasteiger charge is -2.11. The number of hydrogen-bond acceptors (Lipinski definition) is 4. The summed E-state index contributed by atoms with van der Waals surface area (Å²) in [5.74, 6) is -1.13. The summed E-state index contributed by atoms with van der Waals surface area (Å²) in [6, 6.07) is 19.1. The van der Waals surface area contributed by atoms with Gasteiger partial charge in [-0.25, -0.2) is 8.42 Å². The molecule has 0 heterocycles. The molecule has 128 valence electrons. The molecule has 0 atom stereocenters. The normalized spacial score (nSPS) is 11.4. The van der Waals surface area contributed by atoms with E-state index in [1.54, 1.807) is 24.3 Å². The molecule has 0 aliphatic heterocycles. The lowest BCUT2D eigenvalue weighted by Crippen LogP contribution is -2.22. The van der Waals surface area contributed by atoms with Crippen LogP contribution in [-0.4, -0.2) is 14.4 Å². The number of fused-ring (bicyclic) bond motifs is 1. The average Bonchev–Trinajstić information content (AvgIpc) is 2.60. The third-order valence-electron chi connectivity index (χ3n) is 3.89. The third-order valence-corrected chi connectivity index (χ3v) is 5.27. The van der Waals surface area contributed by atoms with Crippen LogP contribution in [0.1, 0.15) is 12.0 Å². The Balaban J connectivity index is 1.85. The van der Waals surface area contributed by atoms with E-state index in [2.05, 4.69) is 4.72 Å². The largest absolute Gasteiger partial charge is 0.550 e. The van der Waals surface area contributed by atoms with Crippen molar-refractivity contribution in [3.63, 3.8) is 0 Å². The Hall–Kier alpha value is -2.86. The number of nitrogens with one attached hydrogen (secondary N) is 1. The van der Waals surface area contributed by atoms with Gasteiger partial charge in [0, 0.05) is 11.4 Å². The number of carbonyl (C=O) groups is 1. The van der Waals surface area contributed by atoms with Crippen LogP contribution < -0.4 is 9.83 Å². The molecule has 6 heteroatoms. The van der Waals surface area contributed by atoms with E-state index in [9.17, 15) is 18.3 Å². The van der Waals surface area contributed by atoms with Crippen molar-refractivity contribution in [1.82, 2.24) is 0 Å². The Morgan fingerprint density at radius 3 is 2.32 bits per heavy atom. The second-order valence-corrected chi connectivity index (χ2v) is 7.33. The monoisotopic (exact) mass is 354 g/mol. The van der Waals surface area contributed by atoms with E-state index >= 15 is 0 Å². The first-order valence-electron chi connectivity index (χ1n) is 7.75. The number of anilines is 1. The number of sulfonamides is 1. The van der Waals surface area contributed by atoms with Crippen LogP contribution in [0.4, 0.5) is 5.69 Å². The Morgan fingerprint density at radius 1 is 0.920 bits per heavy atom. The molecule has 0 unspecified atom stereocenters. The zero-order valence-corrected chi connectivity index (χ0v) is 14.1. The molecule has 0 amide bonds. The zero-order chi connectivity index (χ0) is 17.9.